The standard InChI is InChI=1S/C26H43N7O4/c1-4-37-25(36)30-24(33-13-10-21(17-33)28-19(2)34)29-22(16-20-8-6-5-7-9-20)23(35)31-26(18-27)11-14-32(3)15-12-26/h20-22H,4-17H2,1-3H3,(H,28,34)(H,31,35)(H,29,30,36)/t21-,22+/m1/s1. The quantitative estimate of drug-likeness (QED) is 0.345. The number of likely N-dealkylation sites (tertiary alicyclic amines) is 2. The van der Waals surface area contributed by atoms with E-state index < -0.39 is 17.7 Å². The molecule has 0 aromatic rings. The third kappa shape index (κ3) is 8.59. The van der Waals surface area contributed by atoms with Crippen LogP contribution < -0.4 is 16.0 Å². The zero-order valence-corrected chi connectivity index (χ0v) is 22.6. The summed E-state index contributed by atoms with van der Waals surface area (Å²) in [5.41, 5.74) is -0.914. The number of hydrogen-bond acceptors (Lipinski definition) is 7. The van der Waals surface area contributed by atoms with Crippen molar-refractivity contribution in [2.75, 3.05) is 39.8 Å². The minimum atomic E-state index is -0.914. The molecule has 11 heteroatoms. The van der Waals surface area contributed by atoms with E-state index in [1.807, 2.05) is 11.9 Å². The van der Waals surface area contributed by atoms with E-state index in [0.717, 1.165) is 38.8 Å². The van der Waals surface area contributed by atoms with Crippen molar-refractivity contribution < 1.29 is 19.1 Å². The van der Waals surface area contributed by atoms with E-state index in [2.05, 4.69) is 26.9 Å². The number of carbonyl (C=O) groups excluding carboxylic acids is 3. The Balaban J connectivity index is 1.85. The van der Waals surface area contributed by atoms with Crippen molar-refractivity contribution in [1.29, 1.82) is 5.26 Å². The Morgan fingerprint density at radius 1 is 1.14 bits per heavy atom. The molecule has 11 nitrogen and oxygen atoms in total. The first-order chi connectivity index (χ1) is 17.7. The number of nitriles is 1. The van der Waals surface area contributed by atoms with Crippen molar-refractivity contribution in [2.45, 2.75) is 89.3 Å². The Bertz CT molecular complexity index is 873. The maximum absolute atomic E-state index is 13.7. The fraction of sp³-hybridized carbons (Fsp3) is 0.808. The van der Waals surface area contributed by atoms with Crippen LogP contribution in [0.5, 0.6) is 0 Å². The fourth-order valence-electron chi connectivity index (χ4n) is 5.50. The lowest BCUT2D eigenvalue weighted by atomic mass is 9.84. The van der Waals surface area contributed by atoms with Crippen LogP contribution in [0, 0.1) is 17.2 Å². The molecule has 206 valence electrons. The Kier molecular flexibility index (Phi) is 10.6. The van der Waals surface area contributed by atoms with Crippen LogP contribution in [0.3, 0.4) is 0 Å². The van der Waals surface area contributed by atoms with E-state index >= 15 is 0 Å². The summed E-state index contributed by atoms with van der Waals surface area (Å²) >= 11 is 0. The molecule has 37 heavy (non-hydrogen) atoms. The number of nitrogens with zero attached hydrogens (tertiary/aromatic N) is 4. The number of alkyl carbamates (subject to hydrolysis) is 1. The minimum absolute atomic E-state index is 0.0709. The Hall–Kier alpha value is -2.87. The van der Waals surface area contributed by atoms with Gasteiger partial charge in [-0.1, -0.05) is 32.1 Å². The highest BCUT2D eigenvalue weighted by atomic mass is 16.5. The summed E-state index contributed by atoms with van der Waals surface area (Å²) in [7, 11) is 2.01. The molecule has 0 aromatic heterocycles. The predicted molar refractivity (Wildman–Crippen MR) is 140 cm³/mol. The number of guanidine groups is 1. The van der Waals surface area contributed by atoms with Crippen LogP contribution in [-0.2, 0) is 14.3 Å². The molecule has 3 fully saturated rings. The normalized spacial score (nSPS) is 23.6. The van der Waals surface area contributed by atoms with E-state index in [4.69, 9.17) is 9.73 Å². The van der Waals surface area contributed by atoms with Crippen LogP contribution in [0.1, 0.15) is 71.6 Å². The molecule has 1 aliphatic carbocycles. The maximum atomic E-state index is 13.7. The molecule has 3 N–H and O–H groups in total. The SMILES string of the molecule is CCOC(=O)NC(=N[C@@H](CC1CCCCC1)C(=O)NC1(C#N)CCN(C)CC1)N1CC[C@@H](NC(C)=O)C1. The van der Waals surface area contributed by atoms with Crippen molar-refractivity contribution in [3.63, 3.8) is 0 Å². The van der Waals surface area contributed by atoms with Gasteiger partial charge in [-0.05, 0) is 45.6 Å². The monoisotopic (exact) mass is 517 g/mol. The lowest BCUT2D eigenvalue weighted by molar-refractivity contribution is -0.124. The summed E-state index contributed by atoms with van der Waals surface area (Å²) in [6.45, 7) is 5.92. The Morgan fingerprint density at radius 3 is 2.46 bits per heavy atom. The average Bonchev–Trinajstić information content (AvgIpc) is 3.33. The summed E-state index contributed by atoms with van der Waals surface area (Å²) < 4.78 is 5.10. The van der Waals surface area contributed by atoms with Crippen molar-refractivity contribution in [3.05, 3.63) is 0 Å². The molecule has 0 bridgehead atoms. The van der Waals surface area contributed by atoms with Crippen molar-refractivity contribution in [3.8, 4) is 6.07 Å². The molecule has 3 aliphatic rings. The maximum Gasteiger partial charge on any atom is 0.413 e. The van der Waals surface area contributed by atoms with E-state index in [1.165, 1.54) is 13.3 Å². The number of hydrogen-bond donors (Lipinski definition) is 3. The summed E-state index contributed by atoms with van der Waals surface area (Å²) in [5.74, 6) is 0.241. The molecule has 2 aliphatic heterocycles. The van der Waals surface area contributed by atoms with Crippen LogP contribution >= 0.6 is 0 Å². The van der Waals surface area contributed by atoms with Gasteiger partial charge in [0.1, 0.15) is 11.6 Å². The molecular formula is C26H43N7O4. The first kappa shape index (κ1) is 28.7. The lowest BCUT2D eigenvalue weighted by Crippen LogP contribution is -2.56. The molecule has 2 atom stereocenters. The molecule has 2 heterocycles. The van der Waals surface area contributed by atoms with Gasteiger partial charge in [-0.25, -0.2) is 9.79 Å². The summed E-state index contributed by atoms with van der Waals surface area (Å²) in [6.07, 6.45) is 7.31. The molecule has 3 rings (SSSR count). The van der Waals surface area contributed by atoms with Gasteiger partial charge in [0, 0.05) is 39.1 Å². The molecule has 0 aromatic carbocycles. The number of piperidine rings is 1. The van der Waals surface area contributed by atoms with Gasteiger partial charge < -0.3 is 25.2 Å². The van der Waals surface area contributed by atoms with Gasteiger partial charge >= 0.3 is 6.09 Å². The second-order valence-corrected chi connectivity index (χ2v) is 10.7. The highest BCUT2D eigenvalue weighted by Gasteiger charge is 2.38. The Morgan fingerprint density at radius 2 is 1.84 bits per heavy atom. The Labute approximate surface area is 220 Å². The molecule has 3 amide bonds. The highest BCUT2D eigenvalue weighted by molar-refractivity contribution is 5.96. The van der Waals surface area contributed by atoms with Crippen molar-refractivity contribution in [2.24, 2.45) is 10.9 Å². The minimum Gasteiger partial charge on any atom is -0.450 e. The van der Waals surface area contributed by atoms with Crippen molar-refractivity contribution in [1.82, 2.24) is 25.8 Å². The number of ether oxygens (including phenoxy) is 1. The second kappa shape index (κ2) is 13.6. The zero-order chi connectivity index (χ0) is 26.8. The van der Waals surface area contributed by atoms with Gasteiger partial charge in [0.15, 0.2) is 0 Å². The molecule has 1 saturated carbocycles. The molecular weight excluding hydrogens is 474 g/mol. The van der Waals surface area contributed by atoms with Crippen LogP contribution in [0.2, 0.25) is 0 Å². The number of aliphatic imine (C=N–C) groups is 1. The van der Waals surface area contributed by atoms with E-state index in [-0.39, 0.29) is 30.4 Å². The molecule has 0 spiro atoms. The van der Waals surface area contributed by atoms with Gasteiger partial charge in [0.05, 0.1) is 12.7 Å². The lowest BCUT2D eigenvalue weighted by Gasteiger charge is -2.37. The van der Waals surface area contributed by atoms with E-state index in [9.17, 15) is 19.6 Å². The summed E-state index contributed by atoms with van der Waals surface area (Å²) in [4.78, 5) is 46.5. The second-order valence-electron chi connectivity index (χ2n) is 10.7. The topological polar surface area (TPSA) is 139 Å². The predicted octanol–water partition coefficient (Wildman–Crippen LogP) is 1.74. The van der Waals surface area contributed by atoms with Crippen LogP contribution in [0.4, 0.5) is 4.79 Å². The first-order valence-corrected chi connectivity index (χ1v) is 13.7. The number of carbonyl (C=O) groups is 3. The van der Waals surface area contributed by atoms with Gasteiger partial charge in [-0.2, -0.15) is 5.26 Å². The van der Waals surface area contributed by atoms with Crippen LogP contribution in [0.25, 0.3) is 0 Å². The summed E-state index contributed by atoms with van der Waals surface area (Å²) in [5, 5.41) is 18.7. The molecule has 2 saturated heterocycles. The largest absolute Gasteiger partial charge is 0.450 e. The van der Waals surface area contributed by atoms with Gasteiger partial charge in [0.2, 0.25) is 17.8 Å². The van der Waals surface area contributed by atoms with Gasteiger partial charge in [0.25, 0.3) is 0 Å². The van der Waals surface area contributed by atoms with Gasteiger partial charge in [-0.15, -0.1) is 0 Å². The number of nitrogens with one attached hydrogen (secondary N) is 3. The third-order valence-corrected chi connectivity index (χ3v) is 7.66. The first-order valence-electron chi connectivity index (χ1n) is 13.7. The van der Waals surface area contributed by atoms with Crippen LogP contribution in [-0.4, -0.2) is 91.1 Å². The smallest absolute Gasteiger partial charge is 0.413 e. The van der Waals surface area contributed by atoms with Crippen molar-refractivity contribution >= 4 is 23.9 Å². The molecule has 0 radical (unpaired) electrons. The zero-order valence-electron chi connectivity index (χ0n) is 22.6. The summed E-state index contributed by atoms with van der Waals surface area (Å²) in [6, 6.07) is 1.54. The van der Waals surface area contributed by atoms with Crippen LogP contribution in [0.15, 0.2) is 4.99 Å². The average molecular weight is 518 g/mol. The van der Waals surface area contributed by atoms with Gasteiger partial charge in [-0.3, -0.25) is 14.9 Å². The third-order valence-electron chi connectivity index (χ3n) is 7.66. The number of amides is 3. The molecule has 0 unspecified atom stereocenters. The van der Waals surface area contributed by atoms with E-state index in [0.29, 0.717) is 44.7 Å². The van der Waals surface area contributed by atoms with E-state index in [1.54, 1.807) is 6.92 Å². The number of rotatable bonds is 7. The fourth-order valence-corrected chi connectivity index (χ4v) is 5.50. The highest BCUT2D eigenvalue weighted by Crippen LogP contribution is 2.29.